The molecule has 6 heteroatoms. The van der Waals surface area contributed by atoms with E-state index in [0.29, 0.717) is 48.1 Å². The molecule has 0 aromatic heterocycles. The van der Waals surface area contributed by atoms with Crippen LogP contribution in [0, 0.1) is 5.92 Å². The molecule has 0 radical (unpaired) electrons. The molecule has 0 spiro atoms. The Morgan fingerprint density at radius 2 is 1.53 bits per heavy atom. The number of benzene rings is 3. The molecule has 3 aromatic carbocycles. The zero-order valence-corrected chi connectivity index (χ0v) is 19.1. The molecule has 3 aromatic rings. The van der Waals surface area contributed by atoms with Crippen LogP contribution in [-0.4, -0.2) is 29.8 Å². The number of hydrogen-bond donors (Lipinski definition) is 1. The number of halogens is 2. The summed E-state index contributed by atoms with van der Waals surface area (Å²) in [5.74, 6) is -0.0997. The Morgan fingerprint density at radius 3 is 2.19 bits per heavy atom. The summed E-state index contributed by atoms with van der Waals surface area (Å²) in [7, 11) is 0. The molecule has 1 heterocycles. The minimum absolute atomic E-state index is 0.00432. The number of nitrogens with one attached hydrogen (secondary N) is 1. The van der Waals surface area contributed by atoms with Crippen molar-refractivity contribution in [3.63, 3.8) is 0 Å². The number of amides is 2. The molecule has 4 nitrogen and oxygen atoms in total. The van der Waals surface area contributed by atoms with Crippen LogP contribution in [-0.2, 0) is 11.3 Å². The van der Waals surface area contributed by atoms with E-state index in [1.54, 1.807) is 12.1 Å². The van der Waals surface area contributed by atoms with Crippen LogP contribution in [0.1, 0.15) is 28.8 Å². The second kappa shape index (κ2) is 10.2. The monoisotopic (exact) mass is 466 g/mol. The van der Waals surface area contributed by atoms with Gasteiger partial charge in [0, 0.05) is 41.2 Å². The van der Waals surface area contributed by atoms with Crippen LogP contribution >= 0.6 is 23.2 Å². The van der Waals surface area contributed by atoms with E-state index in [1.165, 1.54) is 0 Å². The highest BCUT2D eigenvalue weighted by Crippen LogP contribution is 2.24. The van der Waals surface area contributed by atoms with Crippen molar-refractivity contribution in [2.75, 3.05) is 13.1 Å². The maximum absolute atomic E-state index is 12.9. The van der Waals surface area contributed by atoms with Crippen molar-refractivity contribution in [1.29, 1.82) is 0 Å². The van der Waals surface area contributed by atoms with Gasteiger partial charge in [-0.15, -0.1) is 0 Å². The molecule has 0 saturated carbocycles. The number of rotatable bonds is 5. The molecule has 4 rings (SSSR count). The molecule has 32 heavy (non-hydrogen) atoms. The fourth-order valence-electron chi connectivity index (χ4n) is 3.95. The number of carbonyl (C=O) groups excluding carboxylic acids is 2. The van der Waals surface area contributed by atoms with Gasteiger partial charge in [0.05, 0.1) is 0 Å². The third-order valence-corrected chi connectivity index (χ3v) is 6.45. The predicted octanol–water partition coefficient (Wildman–Crippen LogP) is 5.83. The first kappa shape index (κ1) is 22.4. The Bertz CT molecular complexity index is 1090. The third-order valence-electron chi connectivity index (χ3n) is 5.86. The van der Waals surface area contributed by atoms with E-state index in [-0.39, 0.29) is 17.7 Å². The number of likely N-dealkylation sites (tertiary alicyclic amines) is 1. The summed E-state index contributed by atoms with van der Waals surface area (Å²) in [6.07, 6.45) is 1.29. The second-order valence-electron chi connectivity index (χ2n) is 7.96. The number of nitrogens with zero attached hydrogens (tertiary/aromatic N) is 1. The van der Waals surface area contributed by atoms with Gasteiger partial charge in [-0.3, -0.25) is 9.59 Å². The van der Waals surface area contributed by atoms with Crippen LogP contribution in [0.4, 0.5) is 0 Å². The van der Waals surface area contributed by atoms with E-state index in [4.69, 9.17) is 23.2 Å². The lowest BCUT2D eigenvalue weighted by molar-refractivity contribution is -0.126. The summed E-state index contributed by atoms with van der Waals surface area (Å²) in [5.41, 5.74) is 3.71. The summed E-state index contributed by atoms with van der Waals surface area (Å²) < 4.78 is 0. The van der Waals surface area contributed by atoms with E-state index < -0.39 is 0 Å². The molecule has 0 atom stereocenters. The molecule has 164 valence electrons. The summed E-state index contributed by atoms with van der Waals surface area (Å²) in [4.78, 5) is 27.3. The molecule has 1 aliphatic rings. The molecule has 2 amide bonds. The SMILES string of the molecule is O=C(NCc1ccc(Cl)cc1Cl)C1CCN(C(=O)c2ccc(-c3ccccc3)cc2)CC1. The first-order valence-electron chi connectivity index (χ1n) is 10.7. The van der Waals surface area contributed by atoms with E-state index in [9.17, 15) is 9.59 Å². The highest BCUT2D eigenvalue weighted by atomic mass is 35.5. The molecular weight excluding hydrogens is 443 g/mol. The first-order chi connectivity index (χ1) is 15.5. The molecule has 1 aliphatic heterocycles. The van der Waals surface area contributed by atoms with Crippen LogP contribution in [0.5, 0.6) is 0 Å². The number of hydrogen-bond acceptors (Lipinski definition) is 2. The summed E-state index contributed by atoms with van der Waals surface area (Å²) in [6.45, 7) is 1.50. The fraction of sp³-hybridized carbons (Fsp3) is 0.231. The highest BCUT2D eigenvalue weighted by Gasteiger charge is 2.27. The van der Waals surface area contributed by atoms with Crippen molar-refractivity contribution in [3.05, 3.63) is 94.0 Å². The number of carbonyl (C=O) groups is 2. The van der Waals surface area contributed by atoms with Gasteiger partial charge in [0.2, 0.25) is 5.91 Å². The summed E-state index contributed by atoms with van der Waals surface area (Å²) in [5, 5.41) is 4.06. The topological polar surface area (TPSA) is 49.4 Å². The minimum atomic E-state index is -0.106. The van der Waals surface area contributed by atoms with Crippen molar-refractivity contribution in [3.8, 4) is 11.1 Å². The predicted molar refractivity (Wildman–Crippen MR) is 129 cm³/mol. The van der Waals surface area contributed by atoms with E-state index in [1.807, 2.05) is 65.6 Å². The molecule has 1 N–H and O–H groups in total. The van der Waals surface area contributed by atoms with E-state index >= 15 is 0 Å². The van der Waals surface area contributed by atoms with E-state index in [2.05, 4.69) is 5.32 Å². The third kappa shape index (κ3) is 5.32. The average Bonchev–Trinajstić information content (AvgIpc) is 2.83. The van der Waals surface area contributed by atoms with Crippen LogP contribution in [0.2, 0.25) is 10.0 Å². The van der Waals surface area contributed by atoms with E-state index in [0.717, 1.165) is 16.7 Å². The van der Waals surface area contributed by atoms with Crippen LogP contribution in [0.25, 0.3) is 11.1 Å². The molecule has 0 unspecified atom stereocenters. The average molecular weight is 467 g/mol. The zero-order chi connectivity index (χ0) is 22.5. The first-order valence-corrected chi connectivity index (χ1v) is 11.4. The summed E-state index contributed by atoms with van der Waals surface area (Å²) in [6, 6.07) is 23.0. The van der Waals surface area contributed by atoms with Gasteiger partial charge < -0.3 is 10.2 Å². The molecule has 1 fully saturated rings. The van der Waals surface area contributed by atoms with Crippen molar-refractivity contribution < 1.29 is 9.59 Å². The van der Waals surface area contributed by atoms with Gasteiger partial charge >= 0.3 is 0 Å². The lowest BCUT2D eigenvalue weighted by atomic mass is 9.95. The Morgan fingerprint density at radius 1 is 0.875 bits per heavy atom. The van der Waals surface area contributed by atoms with Crippen LogP contribution in [0.3, 0.4) is 0 Å². The maximum Gasteiger partial charge on any atom is 0.253 e. The van der Waals surface area contributed by atoms with Crippen molar-refractivity contribution >= 4 is 35.0 Å². The van der Waals surface area contributed by atoms with Gasteiger partial charge in [-0.05, 0) is 53.8 Å². The van der Waals surface area contributed by atoms with Crippen molar-refractivity contribution in [2.24, 2.45) is 5.92 Å². The molecule has 1 saturated heterocycles. The zero-order valence-electron chi connectivity index (χ0n) is 17.6. The standard InChI is InChI=1S/C26H24Cl2N2O2/c27-23-11-10-22(24(28)16-23)17-29-25(31)20-12-14-30(15-13-20)26(32)21-8-6-19(7-9-21)18-4-2-1-3-5-18/h1-11,16,20H,12-15,17H2,(H,29,31). The van der Waals surface area contributed by atoms with Gasteiger partial charge in [0.15, 0.2) is 0 Å². The quantitative estimate of drug-likeness (QED) is 0.514. The minimum Gasteiger partial charge on any atom is -0.352 e. The molecule has 0 aliphatic carbocycles. The summed E-state index contributed by atoms with van der Waals surface area (Å²) >= 11 is 12.1. The van der Waals surface area contributed by atoms with Gasteiger partial charge in [-0.1, -0.05) is 71.7 Å². The van der Waals surface area contributed by atoms with Gasteiger partial charge in [-0.25, -0.2) is 0 Å². The lowest BCUT2D eigenvalue weighted by Gasteiger charge is -2.31. The fourth-order valence-corrected chi connectivity index (χ4v) is 4.43. The lowest BCUT2D eigenvalue weighted by Crippen LogP contribution is -2.42. The maximum atomic E-state index is 12.9. The van der Waals surface area contributed by atoms with Gasteiger partial charge in [0.25, 0.3) is 5.91 Å². The van der Waals surface area contributed by atoms with Crippen LogP contribution in [0.15, 0.2) is 72.8 Å². The Kier molecular flexibility index (Phi) is 7.13. The van der Waals surface area contributed by atoms with Gasteiger partial charge in [-0.2, -0.15) is 0 Å². The Balaban J connectivity index is 1.29. The van der Waals surface area contributed by atoms with Crippen molar-refractivity contribution in [1.82, 2.24) is 10.2 Å². The molecule has 0 bridgehead atoms. The number of piperidine rings is 1. The van der Waals surface area contributed by atoms with Crippen molar-refractivity contribution in [2.45, 2.75) is 19.4 Å². The molecular formula is C26H24Cl2N2O2. The second-order valence-corrected chi connectivity index (χ2v) is 8.81. The van der Waals surface area contributed by atoms with Gasteiger partial charge in [0.1, 0.15) is 0 Å². The Hall–Kier alpha value is -2.82. The van der Waals surface area contributed by atoms with Crippen LogP contribution < -0.4 is 5.32 Å². The normalized spacial score (nSPS) is 14.2. The Labute approximate surface area is 198 Å². The highest BCUT2D eigenvalue weighted by molar-refractivity contribution is 6.35. The smallest absolute Gasteiger partial charge is 0.253 e. The largest absolute Gasteiger partial charge is 0.352 e.